The monoisotopic (exact) mass is 486 g/mol. The number of nitrogens with zero attached hydrogens (tertiary/aromatic N) is 1. The molecule has 0 aliphatic carbocycles. The topological polar surface area (TPSA) is 102 Å². The molecule has 0 spiro atoms. The van der Waals surface area contributed by atoms with E-state index in [2.05, 4.69) is 5.32 Å². The van der Waals surface area contributed by atoms with Crippen molar-refractivity contribution in [2.45, 2.75) is 62.9 Å². The van der Waals surface area contributed by atoms with Gasteiger partial charge < -0.3 is 14.8 Å². The summed E-state index contributed by atoms with van der Waals surface area (Å²) in [6.07, 6.45) is 2.78. The minimum absolute atomic E-state index is 0.0101. The predicted molar refractivity (Wildman–Crippen MR) is 128 cm³/mol. The van der Waals surface area contributed by atoms with Crippen LogP contribution in [0.5, 0.6) is 11.5 Å². The molecule has 0 saturated carbocycles. The lowest BCUT2D eigenvalue weighted by Gasteiger charge is -2.37. The van der Waals surface area contributed by atoms with E-state index in [-0.39, 0.29) is 41.5 Å². The average Bonchev–Trinajstić information content (AvgIpc) is 2.82. The third-order valence-corrected chi connectivity index (χ3v) is 8.41. The Kier molecular flexibility index (Phi) is 7.23. The van der Waals surface area contributed by atoms with Crippen LogP contribution in [0, 0.1) is 0 Å². The van der Waals surface area contributed by atoms with Crippen LogP contribution in [-0.4, -0.2) is 49.7 Å². The zero-order chi connectivity index (χ0) is 24.3. The summed E-state index contributed by atoms with van der Waals surface area (Å²) in [7, 11) is -3.61. The summed E-state index contributed by atoms with van der Waals surface area (Å²) in [5.41, 5.74) is 0.947. The van der Waals surface area contributed by atoms with E-state index in [1.807, 2.05) is 13.8 Å². The molecule has 2 aromatic rings. The van der Waals surface area contributed by atoms with Crippen molar-refractivity contribution in [2.75, 3.05) is 18.5 Å². The number of ether oxygens (including phenoxy) is 2. The molecule has 1 saturated heterocycles. The van der Waals surface area contributed by atoms with Crippen LogP contribution in [0.3, 0.4) is 0 Å². The van der Waals surface area contributed by atoms with Gasteiger partial charge in [0.1, 0.15) is 13.2 Å². The molecule has 1 N–H and O–H groups in total. The summed E-state index contributed by atoms with van der Waals surface area (Å²) >= 11 is 0. The predicted octanol–water partition coefficient (Wildman–Crippen LogP) is 4.01. The normalized spacial score (nSPS) is 20.5. The highest BCUT2D eigenvalue weighted by molar-refractivity contribution is 7.89. The van der Waals surface area contributed by atoms with E-state index in [0.29, 0.717) is 36.0 Å². The van der Waals surface area contributed by atoms with Gasteiger partial charge in [-0.1, -0.05) is 6.42 Å². The van der Waals surface area contributed by atoms with Gasteiger partial charge in [0, 0.05) is 36.2 Å². The van der Waals surface area contributed by atoms with Crippen LogP contribution in [0.4, 0.5) is 5.69 Å². The van der Waals surface area contributed by atoms with E-state index < -0.39 is 10.0 Å². The number of piperidine rings is 1. The molecule has 0 bridgehead atoms. The Balaban J connectivity index is 1.33. The van der Waals surface area contributed by atoms with E-state index in [4.69, 9.17) is 9.47 Å². The number of Topliss-reactive ketones (excluding diaryl/α,β-unsaturated/α-hetero) is 1. The molecule has 2 aliphatic heterocycles. The van der Waals surface area contributed by atoms with Crippen molar-refractivity contribution < 1.29 is 27.5 Å². The first-order chi connectivity index (χ1) is 16.3. The first-order valence-corrected chi connectivity index (χ1v) is 13.1. The highest BCUT2D eigenvalue weighted by atomic mass is 32.2. The number of carbonyl (C=O) groups excluding carboxylic acids is 2. The van der Waals surface area contributed by atoms with Gasteiger partial charge in [0.25, 0.3) is 0 Å². The van der Waals surface area contributed by atoms with Gasteiger partial charge in [0.2, 0.25) is 15.9 Å². The van der Waals surface area contributed by atoms with Crippen LogP contribution in [0.1, 0.15) is 56.3 Å². The van der Waals surface area contributed by atoms with Gasteiger partial charge in [-0.05, 0) is 69.2 Å². The second kappa shape index (κ2) is 10.1. The van der Waals surface area contributed by atoms with Crippen molar-refractivity contribution in [2.24, 2.45) is 0 Å². The Labute approximate surface area is 200 Å². The number of anilines is 1. The first kappa shape index (κ1) is 24.2. The third kappa shape index (κ3) is 5.26. The summed E-state index contributed by atoms with van der Waals surface area (Å²) in [4.78, 5) is 25.1. The van der Waals surface area contributed by atoms with Crippen molar-refractivity contribution in [1.82, 2.24) is 4.31 Å². The summed E-state index contributed by atoms with van der Waals surface area (Å²) in [6, 6.07) is 11.1. The SMILES string of the molecule is C[C@H]1CCC[C@H](C)N1S(=O)(=O)c1ccc(NC(=O)CCC(=O)c2ccc3c(c2)OCCO3)cc1. The maximum atomic E-state index is 13.1. The summed E-state index contributed by atoms with van der Waals surface area (Å²) in [6.45, 7) is 4.79. The lowest BCUT2D eigenvalue weighted by molar-refractivity contribution is -0.116. The largest absolute Gasteiger partial charge is 0.486 e. The van der Waals surface area contributed by atoms with Crippen molar-refractivity contribution in [3.8, 4) is 11.5 Å². The Morgan fingerprint density at radius 3 is 2.26 bits per heavy atom. The number of nitrogens with one attached hydrogen (secondary N) is 1. The fraction of sp³-hybridized carbons (Fsp3) is 0.440. The molecular weight excluding hydrogens is 456 g/mol. The lowest BCUT2D eigenvalue weighted by atomic mass is 10.0. The van der Waals surface area contributed by atoms with E-state index in [9.17, 15) is 18.0 Å². The molecule has 1 fully saturated rings. The van der Waals surface area contributed by atoms with Gasteiger partial charge in [-0.25, -0.2) is 8.42 Å². The van der Waals surface area contributed by atoms with E-state index in [1.165, 1.54) is 12.1 Å². The van der Waals surface area contributed by atoms with Gasteiger partial charge in [0.05, 0.1) is 4.90 Å². The van der Waals surface area contributed by atoms with Crippen LogP contribution in [0.25, 0.3) is 0 Å². The average molecular weight is 487 g/mol. The van der Waals surface area contributed by atoms with Crippen molar-refractivity contribution in [1.29, 1.82) is 0 Å². The number of ketones is 1. The number of amides is 1. The molecule has 182 valence electrons. The Morgan fingerprint density at radius 2 is 1.59 bits per heavy atom. The number of carbonyl (C=O) groups is 2. The Hall–Kier alpha value is -2.91. The fourth-order valence-electron chi connectivity index (χ4n) is 4.52. The highest BCUT2D eigenvalue weighted by Crippen LogP contribution is 2.32. The van der Waals surface area contributed by atoms with Gasteiger partial charge in [-0.3, -0.25) is 9.59 Å². The molecule has 9 heteroatoms. The minimum Gasteiger partial charge on any atom is -0.486 e. The molecule has 0 unspecified atom stereocenters. The fourth-order valence-corrected chi connectivity index (χ4v) is 6.40. The van der Waals surface area contributed by atoms with Gasteiger partial charge in [-0.2, -0.15) is 4.31 Å². The molecule has 1 amide bonds. The number of hydrogen-bond acceptors (Lipinski definition) is 6. The number of benzene rings is 2. The summed E-state index contributed by atoms with van der Waals surface area (Å²) < 4.78 is 38.8. The number of hydrogen-bond donors (Lipinski definition) is 1. The molecule has 0 radical (unpaired) electrons. The molecule has 2 heterocycles. The quantitative estimate of drug-likeness (QED) is 0.594. The second-order valence-electron chi connectivity index (χ2n) is 8.82. The van der Waals surface area contributed by atoms with Crippen molar-refractivity contribution in [3.63, 3.8) is 0 Å². The van der Waals surface area contributed by atoms with Crippen molar-refractivity contribution >= 4 is 27.4 Å². The van der Waals surface area contributed by atoms with Gasteiger partial charge >= 0.3 is 0 Å². The van der Waals surface area contributed by atoms with Gasteiger partial charge in [-0.15, -0.1) is 0 Å². The number of fused-ring (bicyclic) bond motifs is 1. The number of rotatable bonds is 7. The highest BCUT2D eigenvalue weighted by Gasteiger charge is 2.35. The van der Waals surface area contributed by atoms with E-state index in [0.717, 1.165) is 19.3 Å². The summed E-state index contributed by atoms with van der Waals surface area (Å²) in [5, 5.41) is 2.73. The van der Waals surface area contributed by atoms with Crippen LogP contribution in [-0.2, 0) is 14.8 Å². The maximum Gasteiger partial charge on any atom is 0.243 e. The lowest BCUT2D eigenvalue weighted by Crippen LogP contribution is -2.47. The van der Waals surface area contributed by atoms with Crippen molar-refractivity contribution in [3.05, 3.63) is 48.0 Å². The zero-order valence-electron chi connectivity index (χ0n) is 19.5. The maximum absolute atomic E-state index is 13.1. The molecule has 8 nitrogen and oxygen atoms in total. The van der Waals surface area contributed by atoms with Crippen LogP contribution in [0.2, 0.25) is 0 Å². The molecule has 4 rings (SSSR count). The smallest absolute Gasteiger partial charge is 0.243 e. The molecule has 34 heavy (non-hydrogen) atoms. The van der Waals surface area contributed by atoms with Crippen LogP contribution in [0.15, 0.2) is 47.4 Å². The molecular formula is C25H30N2O6S. The van der Waals surface area contributed by atoms with Crippen LogP contribution >= 0.6 is 0 Å². The standard InChI is InChI=1S/C25H30N2O6S/c1-17-4-3-5-18(2)27(17)34(30,31)21-9-7-20(8-10-21)26-25(29)13-11-22(28)19-6-12-23-24(16-19)33-15-14-32-23/h6-10,12,16-18H,3-5,11,13-15H2,1-2H3,(H,26,29)/t17-,18-/m0/s1. The summed E-state index contributed by atoms with van der Waals surface area (Å²) in [5.74, 6) is 0.651. The molecule has 0 aromatic heterocycles. The van der Waals surface area contributed by atoms with Gasteiger partial charge in [0.15, 0.2) is 17.3 Å². The van der Waals surface area contributed by atoms with Crippen LogP contribution < -0.4 is 14.8 Å². The van der Waals surface area contributed by atoms with E-state index in [1.54, 1.807) is 34.6 Å². The molecule has 2 atom stereocenters. The Morgan fingerprint density at radius 1 is 0.941 bits per heavy atom. The minimum atomic E-state index is -3.61. The zero-order valence-corrected chi connectivity index (χ0v) is 20.3. The Bertz CT molecular complexity index is 1150. The first-order valence-electron chi connectivity index (χ1n) is 11.6. The third-order valence-electron chi connectivity index (χ3n) is 6.27. The van der Waals surface area contributed by atoms with E-state index >= 15 is 0 Å². The molecule has 2 aliphatic rings. The molecule has 2 aromatic carbocycles. The second-order valence-corrected chi connectivity index (χ2v) is 10.7. The number of sulfonamides is 1.